The lowest BCUT2D eigenvalue weighted by Crippen LogP contribution is -2.10. The van der Waals surface area contributed by atoms with Crippen LogP contribution in [0.3, 0.4) is 0 Å². The maximum absolute atomic E-state index is 11.1. The van der Waals surface area contributed by atoms with Crippen LogP contribution in [0.5, 0.6) is 11.5 Å². The Hall–Kier alpha value is -1.75. The van der Waals surface area contributed by atoms with Crippen LogP contribution in [-0.4, -0.2) is 32.4 Å². The molecule has 1 atom stereocenters. The quantitative estimate of drug-likeness (QED) is 0.841. The number of hydrogen-bond acceptors (Lipinski definition) is 4. The van der Waals surface area contributed by atoms with Crippen molar-refractivity contribution in [2.75, 3.05) is 21.3 Å². The molecular weight excluding hydrogens is 236 g/mol. The van der Waals surface area contributed by atoms with Crippen LogP contribution < -0.4 is 9.47 Å². The van der Waals surface area contributed by atoms with Crippen LogP contribution in [0.4, 0.5) is 0 Å². The van der Waals surface area contributed by atoms with Crippen molar-refractivity contribution in [1.29, 1.82) is 0 Å². The van der Waals surface area contributed by atoms with Gasteiger partial charge in [-0.15, -0.1) is 0 Å². The Kier molecular flexibility index (Phi) is 4.97. The summed E-state index contributed by atoms with van der Waals surface area (Å²) in [6.45, 7) is 1.94. The van der Waals surface area contributed by atoms with Crippen LogP contribution in [0.25, 0.3) is 0 Å². The second kappa shape index (κ2) is 6.26. The number of rotatable bonds is 6. The monoisotopic (exact) mass is 254 g/mol. The predicted octanol–water partition coefficient (Wildman–Crippen LogP) is 2.04. The van der Waals surface area contributed by atoms with Crippen molar-refractivity contribution in [3.05, 3.63) is 23.3 Å². The Bertz CT molecular complexity index is 428. The molecule has 18 heavy (non-hydrogen) atoms. The molecule has 0 aliphatic carbocycles. The molecule has 0 saturated heterocycles. The fourth-order valence-corrected chi connectivity index (χ4v) is 1.77. The van der Waals surface area contributed by atoms with Crippen LogP contribution in [0, 0.1) is 0 Å². The van der Waals surface area contributed by atoms with Gasteiger partial charge in [0.05, 0.1) is 26.7 Å². The van der Waals surface area contributed by atoms with Gasteiger partial charge in [0, 0.05) is 18.2 Å². The van der Waals surface area contributed by atoms with E-state index in [2.05, 4.69) is 0 Å². The Morgan fingerprint density at radius 1 is 1.28 bits per heavy atom. The van der Waals surface area contributed by atoms with Crippen LogP contribution >= 0.6 is 0 Å². The summed E-state index contributed by atoms with van der Waals surface area (Å²) in [5.74, 6) is -0.464. The summed E-state index contributed by atoms with van der Waals surface area (Å²) in [5, 5.41) is 9.11. The molecule has 0 saturated carbocycles. The molecule has 0 spiro atoms. The number of aliphatic carboxylic acids is 1. The summed E-state index contributed by atoms with van der Waals surface area (Å²) in [6, 6.07) is 3.46. The molecule has 5 nitrogen and oxygen atoms in total. The van der Waals surface area contributed by atoms with E-state index in [0.717, 1.165) is 5.56 Å². The van der Waals surface area contributed by atoms with E-state index in [4.69, 9.17) is 19.3 Å². The van der Waals surface area contributed by atoms with Crippen LogP contribution in [0.15, 0.2) is 12.1 Å². The van der Waals surface area contributed by atoms with E-state index in [-0.39, 0.29) is 0 Å². The summed E-state index contributed by atoms with van der Waals surface area (Å²) in [4.78, 5) is 11.1. The maximum Gasteiger partial charge on any atom is 0.310 e. The SMILES string of the molecule is COCc1cc(OC)cc(C(C)C(=O)O)c1OC. The van der Waals surface area contributed by atoms with Gasteiger partial charge in [0.1, 0.15) is 11.5 Å². The molecule has 1 N–H and O–H groups in total. The van der Waals surface area contributed by atoms with Gasteiger partial charge in [-0.25, -0.2) is 0 Å². The van der Waals surface area contributed by atoms with E-state index in [9.17, 15) is 4.79 Å². The van der Waals surface area contributed by atoms with Crippen molar-refractivity contribution in [3.8, 4) is 11.5 Å². The average molecular weight is 254 g/mol. The number of hydrogen-bond donors (Lipinski definition) is 1. The lowest BCUT2D eigenvalue weighted by molar-refractivity contribution is -0.138. The summed E-state index contributed by atoms with van der Waals surface area (Å²) in [5.41, 5.74) is 1.35. The third kappa shape index (κ3) is 2.92. The molecule has 0 bridgehead atoms. The molecule has 0 heterocycles. The van der Waals surface area contributed by atoms with Crippen LogP contribution in [0.1, 0.15) is 24.0 Å². The van der Waals surface area contributed by atoms with E-state index in [1.54, 1.807) is 26.2 Å². The lowest BCUT2D eigenvalue weighted by Gasteiger charge is -2.17. The van der Waals surface area contributed by atoms with Crippen molar-refractivity contribution in [2.45, 2.75) is 19.4 Å². The maximum atomic E-state index is 11.1. The smallest absolute Gasteiger partial charge is 0.310 e. The zero-order valence-corrected chi connectivity index (χ0v) is 11.0. The van der Waals surface area contributed by atoms with Crippen molar-refractivity contribution >= 4 is 5.97 Å². The van der Waals surface area contributed by atoms with Crippen molar-refractivity contribution in [1.82, 2.24) is 0 Å². The highest BCUT2D eigenvalue weighted by Gasteiger charge is 2.22. The van der Waals surface area contributed by atoms with Gasteiger partial charge >= 0.3 is 5.97 Å². The van der Waals surface area contributed by atoms with E-state index < -0.39 is 11.9 Å². The first kappa shape index (κ1) is 14.3. The first-order valence-corrected chi connectivity index (χ1v) is 5.51. The Balaban J connectivity index is 3.36. The largest absolute Gasteiger partial charge is 0.497 e. The van der Waals surface area contributed by atoms with Crippen molar-refractivity contribution < 1.29 is 24.1 Å². The molecule has 0 amide bonds. The number of carbonyl (C=O) groups is 1. The molecule has 1 aromatic rings. The van der Waals surface area contributed by atoms with Gasteiger partial charge < -0.3 is 19.3 Å². The van der Waals surface area contributed by atoms with E-state index in [0.29, 0.717) is 23.7 Å². The third-order valence-corrected chi connectivity index (χ3v) is 2.74. The molecule has 0 aliphatic heterocycles. The normalized spacial score (nSPS) is 12.0. The molecule has 100 valence electrons. The minimum atomic E-state index is -0.912. The Morgan fingerprint density at radius 2 is 1.94 bits per heavy atom. The lowest BCUT2D eigenvalue weighted by atomic mass is 9.97. The van der Waals surface area contributed by atoms with Gasteiger partial charge in [0.25, 0.3) is 0 Å². The van der Waals surface area contributed by atoms with E-state index in [1.807, 2.05) is 0 Å². The minimum absolute atomic E-state index is 0.333. The molecule has 1 aromatic carbocycles. The topological polar surface area (TPSA) is 65.0 Å². The zero-order valence-electron chi connectivity index (χ0n) is 11.0. The fourth-order valence-electron chi connectivity index (χ4n) is 1.77. The van der Waals surface area contributed by atoms with Crippen LogP contribution in [-0.2, 0) is 16.1 Å². The summed E-state index contributed by atoms with van der Waals surface area (Å²) >= 11 is 0. The predicted molar refractivity (Wildman–Crippen MR) is 66.3 cm³/mol. The molecule has 0 aliphatic rings. The fraction of sp³-hybridized carbons (Fsp3) is 0.462. The number of methoxy groups -OCH3 is 3. The first-order chi connectivity index (χ1) is 8.54. The summed E-state index contributed by atoms with van der Waals surface area (Å²) < 4.78 is 15.6. The molecule has 1 rings (SSSR count). The molecule has 0 aromatic heterocycles. The Morgan fingerprint density at radius 3 is 2.39 bits per heavy atom. The standard InChI is InChI=1S/C13H18O5/c1-8(13(14)15)11-6-10(17-3)5-9(7-16-2)12(11)18-4/h5-6,8H,7H2,1-4H3,(H,14,15). The van der Waals surface area contributed by atoms with Gasteiger partial charge in [-0.1, -0.05) is 0 Å². The van der Waals surface area contributed by atoms with Gasteiger partial charge in [-0.3, -0.25) is 4.79 Å². The van der Waals surface area contributed by atoms with E-state index in [1.165, 1.54) is 14.2 Å². The van der Waals surface area contributed by atoms with Crippen molar-refractivity contribution in [2.24, 2.45) is 0 Å². The molecule has 5 heteroatoms. The molecule has 0 radical (unpaired) electrons. The molecular formula is C13H18O5. The van der Waals surface area contributed by atoms with Gasteiger partial charge in [0.2, 0.25) is 0 Å². The highest BCUT2D eigenvalue weighted by molar-refractivity contribution is 5.77. The third-order valence-electron chi connectivity index (χ3n) is 2.74. The van der Waals surface area contributed by atoms with Gasteiger partial charge in [0.15, 0.2) is 0 Å². The number of carboxylic acid groups (broad SMARTS) is 1. The van der Waals surface area contributed by atoms with Crippen molar-refractivity contribution in [3.63, 3.8) is 0 Å². The van der Waals surface area contributed by atoms with Gasteiger partial charge in [-0.2, -0.15) is 0 Å². The second-order valence-electron chi connectivity index (χ2n) is 3.90. The average Bonchev–Trinajstić information content (AvgIpc) is 2.37. The van der Waals surface area contributed by atoms with Gasteiger partial charge in [-0.05, 0) is 19.1 Å². The number of benzene rings is 1. The minimum Gasteiger partial charge on any atom is -0.497 e. The zero-order chi connectivity index (χ0) is 13.7. The second-order valence-corrected chi connectivity index (χ2v) is 3.90. The highest BCUT2D eigenvalue weighted by Crippen LogP contribution is 2.35. The summed E-state index contributed by atoms with van der Waals surface area (Å²) in [6.07, 6.45) is 0. The molecule has 1 unspecified atom stereocenters. The number of carboxylic acids is 1. The Labute approximate surface area is 106 Å². The summed E-state index contributed by atoms with van der Waals surface area (Å²) in [7, 11) is 4.62. The van der Waals surface area contributed by atoms with E-state index >= 15 is 0 Å². The van der Waals surface area contributed by atoms with Crippen LogP contribution in [0.2, 0.25) is 0 Å². The first-order valence-electron chi connectivity index (χ1n) is 5.51. The molecule has 0 fully saturated rings. The highest BCUT2D eigenvalue weighted by atomic mass is 16.5. The number of ether oxygens (including phenoxy) is 3.